The molecule has 0 atom stereocenters. The van der Waals surface area contributed by atoms with Gasteiger partial charge in [0, 0.05) is 5.56 Å². The van der Waals surface area contributed by atoms with Gasteiger partial charge in [0.1, 0.15) is 23.2 Å². The molecule has 0 radical (unpaired) electrons. The van der Waals surface area contributed by atoms with Crippen LogP contribution >= 0.6 is 7.26 Å². The zero-order valence-corrected chi connectivity index (χ0v) is 18.9. The van der Waals surface area contributed by atoms with Crippen molar-refractivity contribution >= 4 is 23.2 Å². The predicted molar refractivity (Wildman–Crippen MR) is 141 cm³/mol. The van der Waals surface area contributed by atoms with E-state index in [1.54, 1.807) is 0 Å². The van der Waals surface area contributed by atoms with Gasteiger partial charge in [0.25, 0.3) is 0 Å². The van der Waals surface area contributed by atoms with Gasteiger partial charge in [0.15, 0.2) is 0 Å². The molecule has 32 heavy (non-hydrogen) atoms. The van der Waals surface area contributed by atoms with Crippen LogP contribution < -0.4 is 15.9 Å². The van der Waals surface area contributed by atoms with Gasteiger partial charge in [-0.05, 0) is 41.5 Å². The standard InChI is InChI=1S/C31H26P/c1-5-15-26(16-6-1)25-32(28-19-9-3-10-20-28,29-21-11-4-12-22-29)31-24-14-13-23-30(31)27-17-7-2-8-18-27/h1-24H,25H2/q+1. The topological polar surface area (TPSA) is 0 Å². The van der Waals surface area contributed by atoms with E-state index in [-0.39, 0.29) is 0 Å². The molecule has 0 aliphatic heterocycles. The molecule has 0 fully saturated rings. The van der Waals surface area contributed by atoms with Crippen LogP contribution in [0.4, 0.5) is 0 Å². The van der Waals surface area contributed by atoms with Gasteiger partial charge in [0.2, 0.25) is 0 Å². The van der Waals surface area contributed by atoms with Gasteiger partial charge in [-0.1, -0.05) is 115 Å². The summed E-state index contributed by atoms with van der Waals surface area (Å²) in [6.45, 7) is 0. The van der Waals surface area contributed by atoms with Crippen molar-refractivity contribution in [1.29, 1.82) is 0 Å². The second kappa shape index (κ2) is 9.35. The Hall–Kier alpha value is -3.47. The first kappa shape index (κ1) is 20.4. The van der Waals surface area contributed by atoms with Gasteiger partial charge in [0.05, 0.1) is 6.16 Å². The summed E-state index contributed by atoms with van der Waals surface area (Å²) in [6, 6.07) is 53.1. The summed E-state index contributed by atoms with van der Waals surface area (Å²) in [5.74, 6) is 0. The molecule has 0 bridgehead atoms. The largest absolute Gasteiger partial charge is 0.117 e. The summed E-state index contributed by atoms with van der Waals surface area (Å²) in [4.78, 5) is 0. The number of benzene rings is 5. The summed E-state index contributed by atoms with van der Waals surface area (Å²) in [5.41, 5.74) is 3.97. The van der Waals surface area contributed by atoms with Crippen LogP contribution in [-0.2, 0) is 6.16 Å². The van der Waals surface area contributed by atoms with E-state index in [0.717, 1.165) is 6.16 Å². The third kappa shape index (κ3) is 3.91. The molecule has 0 spiro atoms. The van der Waals surface area contributed by atoms with Gasteiger partial charge >= 0.3 is 0 Å². The molecule has 0 aliphatic carbocycles. The lowest BCUT2D eigenvalue weighted by Crippen LogP contribution is -2.33. The van der Waals surface area contributed by atoms with Gasteiger partial charge in [-0.15, -0.1) is 0 Å². The molecule has 154 valence electrons. The Morgan fingerprint density at radius 1 is 0.406 bits per heavy atom. The van der Waals surface area contributed by atoms with E-state index >= 15 is 0 Å². The third-order valence-corrected chi connectivity index (χ3v) is 10.5. The number of hydrogen-bond donors (Lipinski definition) is 0. The highest BCUT2D eigenvalue weighted by Crippen LogP contribution is 2.59. The Morgan fingerprint density at radius 3 is 1.41 bits per heavy atom. The van der Waals surface area contributed by atoms with Crippen molar-refractivity contribution in [2.24, 2.45) is 0 Å². The van der Waals surface area contributed by atoms with Crippen molar-refractivity contribution in [3.8, 4) is 11.1 Å². The molecule has 0 aromatic heterocycles. The van der Waals surface area contributed by atoms with E-state index in [1.165, 1.54) is 32.6 Å². The quantitative estimate of drug-likeness (QED) is 0.259. The minimum Gasteiger partial charge on any atom is -0.0622 e. The second-order valence-corrected chi connectivity index (χ2v) is 11.5. The van der Waals surface area contributed by atoms with E-state index in [9.17, 15) is 0 Å². The highest BCUT2D eigenvalue weighted by atomic mass is 31.2. The van der Waals surface area contributed by atoms with Crippen LogP contribution in [0.3, 0.4) is 0 Å². The SMILES string of the molecule is c1ccc(C[P+](c2ccccc2)(c2ccccc2)c2ccccc2-c2ccccc2)cc1. The highest BCUT2D eigenvalue weighted by Gasteiger charge is 2.46. The summed E-state index contributed by atoms with van der Waals surface area (Å²) < 4.78 is 0. The minimum absolute atomic E-state index is 0.992. The van der Waals surface area contributed by atoms with E-state index in [4.69, 9.17) is 0 Å². The van der Waals surface area contributed by atoms with Crippen molar-refractivity contribution in [2.45, 2.75) is 6.16 Å². The van der Waals surface area contributed by atoms with Crippen LogP contribution in [0, 0.1) is 0 Å². The summed E-state index contributed by atoms with van der Waals surface area (Å²) in [7, 11) is -1.98. The molecule has 0 aliphatic rings. The van der Waals surface area contributed by atoms with Crippen molar-refractivity contribution < 1.29 is 0 Å². The van der Waals surface area contributed by atoms with Crippen LogP contribution in [0.1, 0.15) is 5.56 Å². The first-order valence-corrected chi connectivity index (χ1v) is 13.0. The van der Waals surface area contributed by atoms with Crippen LogP contribution in [0.2, 0.25) is 0 Å². The lowest BCUT2D eigenvalue weighted by molar-refractivity contribution is 1.39. The second-order valence-electron chi connectivity index (χ2n) is 8.01. The molecule has 5 aromatic rings. The molecule has 0 saturated carbocycles. The fraction of sp³-hybridized carbons (Fsp3) is 0.0323. The highest BCUT2D eigenvalue weighted by molar-refractivity contribution is 7.95. The number of hydrogen-bond acceptors (Lipinski definition) is 0. The fourth-order valence-electron chi connectivity index (χ4n) is 4.59. The van der Waals surface area contributed by atoms with E-state index in [1.807, 2.05) is 0 Å². The lowest BCUT2D eigenvalue weighted by atomic mass is 10.1. The van der Waals surface area contributed by atoms with Crippen LogP contribution in [-0.4, -0.2) is 0 Å². The average molecular weight is 430 g/mol. The van der Waals surface area contributed by atoms with Gasteiger partial charge in [-0.25, -0.2) is 0 Å². The first-order chi connectivity index (χ1) is 15.9. The fourth-order valence-corrected chi connectivity index (χ4v) is 9.05. The molecule has 0 amide bonds. The summed E-state index contributed by atoms with van der Waals surface area (Å²) >= 11 is 0. The zero-order valence-electron chi connectivity index (χ0n) is 18.0. The maximum atomic E-state index is 2.36. The Labute approximate surface area is 191 Å². The van der Waals surface area contributed by atoms with E-state index in [0.29, 0.717) is 0 Å². The van der Waals surface area contributed by atoms with E-state index < -0.39 is 7.26 Å². The molecule has 0 N–H and O–H groups in total. The average Bonchev–Trinajstić information content (AvgIpc) is 2.89. The van der Waals surface area contributed by atoms with Crippen LogP contribution in [0.5, 0.6) is 0 Å². The normalized spacial score (nSPS) is 11.2. The van der Waals surface area contributed by atoms with Crippen LogP contribution in [0.25, 0.3) is 11.1 Å². The predicted octanol–water partition coefficient (Wildman–Crippen LogP) is 6.85. The summed E-state index contributed by atoms with van der Waals surface area (Å²) in [5, 5.41) is 4.27. The summed E-state index contributed by atoms with van der Waals surface area (Å²) in [6.07, 6.45) is 0.992. The maximum Gasteiger partial charge on any atom is 0.117 e. The smallest absolute Gasteiger partial charge is 0.0622 e. The Kier molecular flexibility index (Phi) is 5.97. The molecule has 0 nitrogen and oxygen atoms in total. The van der Waals surface area contributed by atoms with Gasteiger partial charge in [-0.2, -0.15) is 0 Å². The molecular weight excluding hydrogens is 403 g/mol. The van der Waals surface area contributed by atoms with Crippen LogP contribution in [0.15, 0.2) is 146 Å². The minimum atomic E-state index is -1.98. The Morgan fingerprint density at radius 2 is 0.844 bits per heavy atom. The van der Waals surface area contributed by atoms with Crippen molar-refractivity contribution in [3.63, 3.8) is 0 Å². The maximum absolute atomic E-state index is 2.36. The zero-order chi connectivity index (χ0) is 21.6. The molecular formula is C31H26P+. The van der Waals surface area contributed by atoms with Gasteiger partial charge < -0.3 is 0 Å². The van der Waals surface area contributed by atoms with Crippen molar-refractivity contribution in [3.05, 3.63) is 151 Å². The molecule has 5 rings (SSSR count). The van der Waals surface area contributed by atoms with E-state index in [2.05, 4.69) is 146 Å². The Bertz CT molecular complexity index is 1220. The van der Waals surface area contributed by atoms with Gasteiger partial charge in [-0.3, -0.25) is 0 Å². The first-order valence-electron chi connectivity index (χ1n) is 11.1. The molecule has 1 heteroatoms. The molecule has 0 saturated heterocycles. The third-order valence-electron chi connectivity index (χ3n) is 6.06. The Balaban J connectivity index is 1.85. The number of rotatable bonds is 6. The molecule has 0 heterocycles. The monoisotopic (exact) mass is 429 g/mol. The molecule has 0 unspecified atom stereocenters. The van der Waals surface area contributed by atoms with Crippen molar-refractivity contribution in [1.82, 2.24) is 0 Å². The lowest BCUT2D eigenvalue weighted by Gasteiger charge is -2.29. The van der Waals surface area contributed by atoms with Crippen molar-refractivity contribution in [2.75, 3.05) is 0 Å². The molecule has 5 aromatic carbocycles.